The van der Waals surface area contributed by atoms with Gasteiger partial charge in [-0.15, -0.1) is 9.78 Å². The lowest BCUT2D eigenvalue weighted by Crippen LogP contribution is -2.22. The van der Waals surface area contributed by atoms with Crippen LogP contribution in [0.5, 0.6) is 0 Å². The summed E-state index contributed by atoms with van der Waals surface area (Å²) < 4.78 is 0.985. The molecule has 0 unspecified atom stereocenters. The van der Waals surface area contributed by atoms with Crippen molar-refractivity contribution < 1.29 is 9.59 Å². The first kappa shape index (κ1) is 20.1. The largest absolute Gasteiger partial charge is 0.368 e. The predicted molar refractivity (Wildman–Crippen MR) is 119 cm³/mol. The maximum atomic E-state index is 12.6. The van der Waals surface area contributed by atoms with Gasteiger partial charge < -0.3 is 27.0 Å². The number of rotatable bonds is 5. The lowest BCUT2D eigenvalue weighted by atomic mass is 10.1. The van der Waals surface area contributed by atoms with Crippen LogP contribution in [0.25, 0.3) is 5.57 Å². The van der Waals surface area contributed by atoms with Gasteiger partial charge in [-0.2, -0.15) is 4.98 Å². The van der Waals surface area contributed by atoms with E-state index in [0.717, 1.165) is 23.3 Å². The molecular formula is C21H22N8O2. The fourth-order valence-electron chi connectivity index (χ4n) is 3.14. The summed E-state index contributed by atoms with van der Waals surface area (Å²) in [7, 11) is 1.57. The molecule has 2 amide bonds. The second kappa shape index (κ2) is 8.67. The number of hydrogen-bond acceptors (Lipinski definition) is 7. The first-order valence-electron chi connectivity index (χ1n) is 9.67. The lowest BCUT2D eigenvalue weighted by Gasteiger charge is -2.07. The van der Waals surface area contributed by atoms with Gasteiger partial charge in [-0.1, -0.05) is 18.2 Å². The highest BCUT2D eigenvalue weighted by atomic mass is 16.2. The van der Waals surface area contributed by atoms with Crippen molar-refractivity contribution >= 4 is 40.8 Å². The fourth-order valence-corrected chi connectivity index (χ4v) is 3.14. The van der Waals surface area contributed by atoms with Crippen LogP contribution in [0.1, 0.15) is 15.9 Å². The molecule has 6 N–H and O–H groups in total. The van der Waals surface area contributed by atoms with E-state index in [9.17, 15) is 9.59 Å². The van der Waals surface area contributed by atoms with Gasteiger partial charge in [0, 0.05) is 37.1 Å². The van der Waals surface area contributed by atoms with E-state index in [2.05, 4.69) is 37.4 Å². The van der Waals surface area contributed by atoms with E-state index in [-0.39, 0.29) is 17.8 Å². The number of carbonyl (C=O) groups is 2. The van der Waals surface area contributed by atoms with Gasteiger partial charge in [-0.25, -0.2) is 4.79 Å². The van der Waals surface area contributed by atoms with Crippen LogP contribution in [0, 0.1) is 0 Å². The third kappa shape index (κ3) is 4.54. The van der Waals surface area contributed by atoms with Gasteiger partial charge in [-0.05, 0) is 47.5 Å². The van der Waals surface area contributed by atoms with Crippen molar-refractivity contribution in [3.63, 3.8) is 0 Å². The Morgan fingerprint density at radius 2 is 1.77 bits per heavy atom. The Balaban J connectivity index is 1.42. The Labute approximate surface area is 178 Å². The van der Waals surface area contributed by atoms with Crippen molar-refractivity contribution in [3.8, 4) is 0 Å². The van der Waals surface area contributed by atoms with Crippen LogP contribution in [0.4, 0.5) is 28.1 Å². The third-order valence-electron chi connectivity index (χ3n) is 4.77. The molecular weight excluding hydrogens is 396 g/mol. The Bertz CT molecular complexity index is 1130. The van der Waals surface area contributed by atoms with Crippen LogP contribution in [0.15, 0.2) is 54.6 Å². The summed E-state index contributed by atoms with van der Waals surface area (Å²) in [6.45, 7) is 1.71. The molecule has 10 nitrogen and oxygen atoms in total. The van der Waals surface area contributed by atoms with Crippen LogP contribution in [-0.2, 0) is 0 Å². The van der Waals surface area contributed by atoms with Crippen LogP contribution in [0.3, 0.4) is 0 Å². The maximum absolute atomic E-state index is 12.6. The number of benzene rings is 2. The molecule has 10 heteroatoms. The fraction of sp³-hybridized carbons (Fsp3) is 0.143. The zero-order valence-electron chi connectivity index (χ0n) is 16.8. The molecule has 0 fully saturated rings. The van der Waals surface area contributed by atoms with E-state index in [1.807, 2.05) is 24.3 Å². The van der Waals surface area contributed by atoms with Crippen LogP contribution in [0.2, 0.25) is 0 Å². The van der Waals surface area contributed by atoms with E-state index in [0.29, 0.717) is 16.9 Å². The Kier molecular flexibility index (Phi) is 5.63. The normalized spacial score (nSPS) is 12.9. The molecule has 0 atom stereocenters. The number of hydrogen-bond donors (Lipinski definition) is 5. The van der Waals surface area contributed by atoms with E-state index in [4.69, 9.17) is 5.73 Å². The van der Waals surface area contributed by atoms with Gasteiger partial charge in [0.25, 0.3) is 5.91 Å². The summed E-state index contributed by atoms with van der Waals surface area (Å²) in [4.78, 5) is 28.3. The molecule has 1 aromatic heterocycles. The summed E-state index contributed by atoms with van der Waals surface area (Å²) in [6.07, 6.45) is 2.14. The number of nitrogen functional groups attached to an aromatic ring is 1. The molecule has 2 heterocycles. The van der Waals surface area contributed by atoms with Gasteiger partial charge in [0.15, 0.2) is 0 Å². The minimum Gasteiger partial charge on any atom is -0.368 e. The zero-order chi connectivity index (χ0) is 21.8. The van der Waals surface area contributed by atoms with E-state index < -0.39 is 6.03 Å². The number of nitrogens with zero attached hydrogens (tertiary/aromatic N) is 3. The number of nitrogens with two attached hydrogens (primary N) is 1. The quantitative estimate of drug-likeness (QED) is 0.427. The molecule has 0 radical (unpaired) electrons. The Morgan fingerprint density at radius 1 is 1.06 bits per heavy atom. The van der Waals surface area contributed by atoms with Crippen molar-refractivity contribution in [2.75, 3.05) is 36.5 Å². The number of carbonyl (C=O) groups excluding carboxylic acids is 2. The van der Waals surface area contributed by atoms with Gasteiger partial charge in [-0.3, -0.25) is 4.79 Å². The Hall–Kier alpha value is -4.18. The van der Waals surface area contributed by atoms with Crippen molar-refractivity contribution in [1.82, 2.24) is 25.4 Å². The highest BCUT2D eigenvalue weighted by Gasteiger charge is 2.15. The average molecular weight is 418 g/mol. The molecule has 0 aliphatic carbocycles. The molecule has 0 saturated heterocycles. The number of anilines is 4. The standard InChI is InChI=1S/C21H22N8O2/c1-23-18(30)14-4-8-16(9-5-14)25-20-27-19(22)29(28-20)21(31)26-17-6-2-13(3-7-17)15-10-11-24-12-15/h2-10,24H,11-12H2,1H3,(H,23,30)(H,26,31)(H3,22,25,27,28). The molecule has 158 valence electrons. The molecule has 0 spiro atoms. The topological polar surface area (TPSA) is 139 Å². The monoisotopic (exact) mass is 418 g/mol. The predicted octanol–water partition coefficient (Wildman–Crippen LogP) is 2.03. The highest BCUT2D eigenvalue weighted by molar-refractivity contribution is 5.94. The van der Waals surface area contributed by atoms with Gasteiger partial charge >= 0.3 is 6.03 Å². The molecule has 1 aliphatic heterocycles. The first-order valence-corrected chi connectivity index (χ1v) is 9.67. The molecule has 4 rings (SSSR count). The Morgan fingerprint density at radius 3 is 2.42 bits per heavy atom. The van der Waals surface area contributed by atoms with Crippen LogP contribution < -0.4 is 27.0 Å². The molecule has 0 bridgehead atoms. The van der Waals surface area contributed by atoms with Crippen molar-refractivity contribution in [1.29, 1.82) is 0 Å². The molecule has 3 aromatic rings. The average Bonchev–Trinajstić information content (AvgIpc) is 3.44. The van der Waals surface area contributed by atoms with E-state index in [1.165, 1.54) is 5.57 Å². The minimum absolute atomic E-state index is 0.0548. The van der Waals surface area contributed by atoms with Crippen LogP contribution in [-0.4, -0.2) is 46.8 Å². The summed E-state index contributed by atoms with van der Waals surface area (Å²) in [5, 5.41) is 15.6. The molecule has 2 aromatic carbocycles. The number of aromatic nitrogens is 3. The summed E-state index contributed by atoms with van der Waals surface area (Å²) >= 11 is 0. The molecule has 0 saturated carbocycles. The third-order valence-corrected chi connectivity index (χ3v) is 4.77. The minimum atomic E-state index is -0.525. The van der Waals surface area contributed by atoms with E-state index in [1.54, 1.807) is 31.3 Å². The number of amides is 2. The first-order chi connectivity index (χ1) is 15.0. The van der Waals surface area contributed by atoms with Crippen molar-refractivity contribution in [3.05, 3.63) is 65.7 Å². The summed E-state index contributed by atoms with van der Waals surface area (Å²) in [5.74, 6) is -0.0725. The van der Waals surface area contributed by atoms with Crippen molar-refractivity contribution in [2.45, 2.75) is 0 Å². The summed E-state index contributed by atoms with van der Waals surface area (Å²) in [5.41, 5.74) is 10.00. The zero-order valence-corrected chi connectivity index (χ0v) is 16.8. The second-order valence-electron chi connectivity index (χ2n) is 6.85. The summed E-state index contributed by atoms with van der Waals surface area (Å²) in [6, 6.07) is 13.8. The second-order valence-corrected chi connectivity index (χ2v) is 6.85. The smallest absolute Gasteiger partial charge is 0.349 e. The van der Waals surface area contributed by atoms with Gasteiger partial charge in [0.2, 0.25) is 11.9 Å². The lowest BCUT2D eigenvalue weighted by molar-refractivity contribution is 0.0963. The number of nitrogens with one attached hydrogen (secondary N) is 4. The molecule has 31 heavy (non-hydrogen) atoms. The van der Waals surface area contributed by atoms with Crippen LogP contribution >= 0.6 is 0 Å². The van der Waals surface area contributed by atoms with E-state index >= 15 is 0 Å². The SMILES string of the molecule is CNC(=O)c1ccc(Nc2nc(N)n(C(=O)Nc3ccc(C4=CCNC4)cc3)n2)cc1. The maximum Gasteiger partial charge on any atom is 0.349 e. The van der Waals surface area contributed by atoms with Gasteiger partial charge in [0.05, 0.1) is 0 Å². The van der Waals surface area contributed by atoms with Gasteiger partial charge in [0.1, 0.15) is 0 Å². The molecule has 1 aliphatic rings. The highest BCUT2D eigenvalue weighted by Crippen LogP contribution is 2.20. The van der Waals surface area contributed by atoms with Crippen molar-refractivity contribution in [2.24, 2.45) is 0 Å².